The van der Waals surface area contributed by atoms with Gasteiger partial charge in [0, 0.05) is 18.9 Å². The van der Waals surface area contributed by atoms with Gasteiger partial charge in [-0.05, 0) is 12.3 Å². The Bertz CT molecular complexity index is 323. The molecule has 0 unspecified atom stereocenters. The molecule has 0 saturated carbocycles. The lowest BCUT2D eigenvalue weighted by atomic mass is 10.1. The van der Waals surface area contributed by atoms with Crippen LogP contribution >= 0.6 is 11.8 Å². The van der Waals surface area contributed by atoms with Crippen LogP contribution in [0.1, 0.15) is 20.3 Å². The zero-order chi connectivity index (χ0) is 11.3. The van der Waals surface area contributed by atoms with Crippen molar-refractivity contribution in [1.29, 1.82) is 0 Å². The Labute approximate surface area is 93.7 Å². The van der Waals surface area contributed by atoms with Crippen LogP contribution in [0.3, 0.4) is 0 Å². The highest BCUT2D eigenvalue weighted by Gasteiger charge is 2.06. The summed E-state index contributed by atoms with van der Waals surface area (Å²) in [5, 5.41) is 9.35. The summed E-state index contributed by atoms with van der Waals surface area (Å²) in [7, 11) is 0. The van der Waals surface area contributed by atoms with Gasteiger partial charge >= 0.3 is 5.97 Å². The van der Waals surface area contributed by atoms with Crippen molar-refractivity contribution >= 4 is 17.7 Å². The van der Waals surface area contributed by atoms with E-state index in [0.717, 1.165) is 18.1 Å². The number of carbonyl (C=O) groups is 1. The first-order valence-electron chi connectivity index (χ1n) is 4.95. The molecule has 15 heavy (non-hydrogen) atoms. The molecule has 1 aromatic heterocycles. The van der Waals surface area contributed by atoms with Gasteiger partial charge in [0.1, 0.15) is 0 Å². The number of aryl methyl sites for hydroxylation is 1. The second-order valence-corrected chi connectivity index (χ2v) is 4.71. The van der Waals surface area contributed by atoms with Crippen LogP contribution in [-0.4, -0.2) is 26.4 Å². The van der Waals surface area contributed by atoms with Crippen molar-refractivity contribution in [2.24, 2.45) is 5.92 Å². The van der Waals surface area contributed by atoms with Gasteiger partial charge in [-0.25, -0.2) is 4.98 Å². The number of nitrogens with zero attached hydrogens (tertiary/aromatic N) is 2. The van der Waals surface area contributed by atoms with Gasteiger partial charge in [0.2, 0.25) is 0 Å². The topological polar surface area (TPSA) is 55.1 Å². The number of aliphatic carboxylic acids is 1. The second kappa shape index (κ2) is 5.80. The number of hydrogen-bond acceptors (Lipinski definition) is 3. The largest absolute Gasteiger partial charge is 0.481 e. The van der Waals surface area contributed by atoms with Crippen molar-refractivity contribution < 1.29 is 9.90 Å². The molecule has 1 aromatic rings. The number of hydrogen-bond donors (Lipinski definition) is 1. The Morgan fingerprint density at radius 1 is 1.67 bits per heavy atom. The van der Waals surface area contributed by atoms with Gasteiger partial charge in [0.25, 0.3) is 0 Å². The molecule has 0 fully saturated rings. The van der Waals surface area contributed by atoms with Crippen LogP contribution in [0.4, 0.5) is 0 Å². The molecule has 0 radical (unpaired) electrons. The Kier molecular flexibility index (Phi) is 4.68. The van der Waals surface area contributed by atoms with Crippen LogP contribution in [0.2, 0.25) is 0 Å². The molecule has 0 aromatic carbocycles. The molecular formula is C10H16N2O2S. The molecule has 0 aliphatic rings. The molecule has 0 aliphatic heterocycles. The maximum absolute atomic E-state index is 10.4. The summed E-state index contributed by atoms with van der Waals surface area (Å²) in [6.07, 6.45) is 4.69. The Morgan fingerprint density at radius 2 is 2.40 bits per heavy atom. The number of carboxylic acids is 1. The van der Waals surface area contributed by atoms with Gasteiger partial charge in [-0.2, -0.15) is 0 Å². The highest BCUT2D eigenvalue weighted by atomic mass is 32.2. The van der Waals surface area contributed by atoms with E-state index < -0.39 is 5.97 Å². The Balaban J connectivity index is 2.49. The average molecular weight is 228 g/mol. The van der Waals surface area contributed by atoms with Gasteiger partial charge in [-0.3, -0.25) is 4.79 Å². The summed E-state index contributed by atoms with van der Waals surface area (Å²) in [5.74, 6) is -0.0956. The zero-order valence-corrected chi connectivity index (χ0v) is 9.83. The van der Waals surface area contributed by atoms with E-state index in [1.54, 1.807) is 6.20 Å². The van der Waals surface area contributed by atoms with Crippen molar-refractivity contribution in [1.82, 2.24) is 9.55 Å². The van der Waals surface area contributed by atoms with Crippen molar-refractivity contribution in [2.75, 3.05) is 5.75 Å². The summed E-state index contributed by atoms with van der Waals surface area (Å²) in [6, 6.07) is 0. The van der Waals surface area contributed by atoms with Gasteiger partial charge in [0.05, 0.1) is 5.75 Å². The molecular weight excluding hydrogens is 212 g/mol. The quantitative estimate of drug-likeness (QED) is 0.758. The highest BCUT2D eigenvalue weighted by molar-refractivity contribution is 7.99. The lowest BCUT2D eigenvalue weighted by Crippen LogP contribution is -2.04. The van der Waals surface area contributed by atoms with E-state index >= 15 is 0 Å². The predicted octanol–water partition coefficient (Wildman–Crippen LogP) is 2.11. The van der Waals surface area contributed by atoms with Crippen LogP contribution < -0.4 is 0 Å². The second-order valence-electron chi connectivity index (χ2n) is 3.77. The van der Waals surface area contributed by atoms with Crippen LogP contribution in [0, 0.1) is 5.92 Å². The normalized spacial score (nSPS) is 10.9. The fraction of sp³-hybridized carbons (Fsp3) is 0.600. The first-order chi connectivity index (χ1) is 7.09. The van der Waals surface area contributed by atoms with Crippen LogP contribution in [0.25, 0.3) is 0 Å². The molecule has 1 rings (SSSR count). The van der Waals surface area contributed by atoms with Crippen molar-refractivity contribution in [2.45, 2.75) is 32.0 Å². The Hall–Kier alpha value is -0.970. The molecule has 0 spiro atoms. The third-order valence-electron chi connectivity index (χ3n) is 1.95. The maximum Gasteiger partial charge on any atom is 0.313 e. The third kappa shape index (κ3) is 4.38. The fourth-order valence-electron chi connectivity index (χ4n) is 1.13. The van der Waals surface area contributed by atoms with Crippen LogP contribution in [0.5, 0.6) is 0 Å². The number of imidazole rings is 1. The van der Waals surface area contributed by atoms with E-state index in [-0.39, 0.29) is 5.75 Å². The van der Waals surface area contributed by atoms with E-state index in [9.17, 15) is 4.79 Å². The maximum atomic E-state index is 10.4. The average Bonchev–Trinajstić information content (AvgIpc) is 2.58. The Morgan fingerprint density at radius 3 is 3.00 bits per heavy atom. The summed E-state index contributed by atoms with van der Waals surface area (Å²) in [4.78, 5) is 14.5. The smallest absolute Gasteiger partial charge is 0.313 e. The minimum Gasteiger partial charge on any atom is -0.481 e. The molecule has 1 N–H and O–H groups in total. The number of carboxylic acid groups (broad SMARTS) is 1. The van der Waals surface area contributed by atoms with Crippen LogP contribution in [-0.2, 0) is 11.3 Å². The summed E-state index contributed by atoms with van der Waals surface area (Å²) < 4.78 is 2.01. The summed E-state index contributed by atoms with van der Waals surface area (Å²) in [6.45, 7) is 5.24. The van der Waals surface area contributed by atoms with E-state index in [4.69, 9.17) is 5.11 Å². The number of rotatable bonds is 6. The van der Waals surface area contributed by atoms with E-state index in [1.165, 1.54) is 11.8 Å². The van der Waals surface area contributed by atoms with Gasteiger partial charge in [-0.15, -0.1) is 0 Å². The standard InChI is InChI=1S/C10H16N2O2S/c1-8(2)3-5-12-6-4-11-10(12)15-7-9(13)14/h4,6,8H,3,5,7H2,1-2H3,(H,13,14). The van der Waals surface area contributed by atoms with Crippen LogP contribution in [0.15, 0.2) is 17.6 Å². The molecule has 0 atom stereocenters. The van der Waals surface area contributed by atoms with Crippen molar-refractivity contribution in [3.05, 3.63) is 12.4 Å². The fourth-order valence-corrected chi connectivity index (χ4v) is 1.84. The molecule has 0 saturated heterocycles. The molecule has 4 nitrogen and oxygen atoms in total. The zero-order valence-electron chi connectivity index (χ0n) is 9.01. The molecule has 0 amide bonds. The van der Waals surface area contributed by atoms with Crippen molar-refractivity contribution in [3.8, 4) is 0 Å². The van der Waals surface area contributed by atoms with Gasteiger partial charge in [0.15, 0.2) is 5.16 Å². The van der Waals surface area contributed by atoms with E-state index in [1.807, 2.05) is 10.8 Å². The molecule has 84 valence electrons. The van der Waals surface area contributed by atoms with Gasteiger partial charge in [-0.1, -0.05) is 25.6 Å². The minimum atomic E-state index is -0.807. The molecule has 5 heteroatoms. The summed E-state index contributed by atoms with van der Waals surface area (Å²) in [5.41, 5.74) is 0. The van der Waals surface area contributed by atoms with E-state index in [2.05, 4.69) is 18.8 Å². The highest BCUT2D eigenvalue weighted by Crippen LogP contribution is 2.16. The van der Waals surface area contributed by atoms with Crippen molar-refractivity contribution in [3.63, 3.8) is 0 Å². The minimum absolute atomic E-state index is 0.0681. The number of thioether (sulfide) groups is 1. The predicted molar refractivity (Wildman–Crippen MR) is 60.0 cm³/mol. The first kappa shape index (κ1) is 12.1. The van der Waals surface area contributed by atoms with E-state index in [0.29, 0.717) is 5.92 Å². The number of aromatic nitrogens is 2. The molecule has 1 heterocycles. The lowest BCUT2D eigenvalue weighted by molar-refractivity contribution is -0.133. The molecule has 0 bridgehead atoms. The third-order valence-corrected chi connectivity index (χ3v) is 2.94. The van der Waals surface area contributed by atoms with Gasteiger partial charge < -0.3 is 9.67 Å². The molecule has 0 aliphatic carbocycles. The first-order valence-corrected chi connectivity index (χ1v) is 5.94. The SMILES string of the molecule is CC(C)CCn1ccnc1SCC(=O)O. The lowest BCUT2D eigenvalue weighted by Gasteiger charge is -2.08. The summed E-state index contributed by atoms with van der Waals surface area (Å²) >= 11 is 1.27. The monoisotopic (exact) mass is 228 g/mol.